The topological polar surface area (TPSA) is 64.6 Å². The Morgan fingerprint density at radius 2 is 1.59 bits per heavy atom. The number of hydrogen-bond acceptors (Lipinski definition) is 4. The van der Waals surface area contributed by atoms with Crippen molar-refractivity contribution >= 4 is 12.1 Å². The van der Waals surface area contributed by atoms with E-state index in [1.54, 1.807) is 0 Å². The van der Waals surface area contributed by atoms with Gasteiger partial charge in [0.15, 0.2) is 0 Å². The van der Waals surface area contributed by atoms with Gasteiger partial charge in [-0.2, -0.15) is 0 Å². The molecule has 0 aromatic heterocycles. The number of alkyl carbamates (subject to hydrolysis) is 1. The van der Waals surface area contributed by atoms with E-state index in [4.69, 9.17) is 9.47 Å². The number of esters is 1. The van der Waals surface area contributed by atoms with Crippen LogP contribution in [0.3, 0.4) is 0 Å². The summed E-state index contributed by atoms with van der Waals surface area (Å²) in [5.74, 6) is -0.352. The lowest BCUT2D eigenvalue weighted by molar-refractivity contribution is -0.145. The van der Waals surface area contributed by atoms with Crippen LogP contribution in [-0.2, 0) is 14.3 Å². The maximum Gasteiger partial charge on any atom is 0.408 e. The van der Waals surface area contributed by atoms with E-state index < -0.39 is 11.6 Å². The van der Waals surface area contributed by atoms with Crippen LogP contribution in [0.15, 0.2) is 48.5 Å². The highest BCUT2D eigenvalue weighted by Crippen LogP contribution is 2.66. The van der Waals surface area contributed by atoms with E-state index in [1.807, 2.05) is 24.3 Å². The van der Waals surface area contributed by atoms with E-state index in [1.165, 1.54) is 29.4 Å². The van der Waals surface area contributed by atoms with E-state index in [2.05, 4.69) is 29.6 Å². The number of hydrogen-bond donors (Lipinski definition) is 1. The van der Waals surface area contributed by atoms with E-state index in [0.29, 0.717) is 6.42 Å². The third kappa shape index (κ3) is 2.67. The largest absolute Gasteiger partial charge is 0.467 e. The van der Waals surface area contributed by atoms with Gasteiger partial charge in [0.2, 0.25) is 0 Å². The van der Waals surface area contributed by atoms with Gasteiger partial charge >= 0.3 is 12.1 Å². The number of ether oxygens (including phenoxy) is 2. The number of methoxy groups -OCH3 is 1. The molecule has 0 aliphatic heterocycles. The molecule has 0 heterocycles. The van der Waals surface area contributed by atoms with Crippen LogP contribution in [0.2, 0.25) is 0 Å². The predicted molar refractivity (Wildman–Crippen MR) is 108 cm³/mol. The van der Waals surface area contributed by atoms with Crippen molar-refractivity contribution in [3.63, 3.8) is 0 Å². The molecule has 2 fully saturated rings. The van der Waals surface area contributed by atoms with Crippen LogP contribution in [0.4, 0.5) is 4.79 Å². The fraction of sp³-hybridized carbons (Fsp3) is 0.417. The molecule has 0 unspecified atom stereocenters. The molecule has 3 aliphatic rings. The Kier molecular flexibility index (Phi) is 4.16. The van der Waals surface area contributed by atoms with Crippen LogP contribution in [0.1, 0.15) is 49.1 Å². The Labute approximate surface area is 170 Å². The second-order valence-corrected chi connectivity index (χ2v) is 8.51. The first-order valence-electron chi connectivity index (χ1n) is 10.3. The minimum Gasteiger partial charge on any atom is -0.467 e. The molecule has 2 saturated carbocycles. The van der Waals surface area contributed by atoms with Gasteiger partial charge in [0.1, 0.15) is 12.1 Å². The summed E-state index contributed by atoms with van der Waals surface area (Å²) in [6.45, 7) is 0.240. The quantitative estimate of drug-likeness (QED) is 0.785. The number of fused-ring (bicyclic) bond motifs is 3. The van der Waals surface area contributed by atoms with Crippen molar-refractivity contribution < 1.29 is 19.1 Å². The SMILES string of the molecule is COC(=O)[C@]1(NC(=O)OCC2c3ccccc3-c3ccccc32)CC12CCCC2. The molecule has 1 N–H and O–H groups in total. The van der Waals surface area contributed by atoms with E-state index in [-0.39, 0.29) is 23.9 Å². The van der Waals surface area contributed by atoms with E-state index >= 15 is 0 Å². The maximum absolute atomic E-state index is 12.7. The molecule has 150 valence electrons. The second kappa shape index (κ2) is 6.61. The Bertz CT molecular complexity index is 933. The van der Waals surface area contributed by atoms with Gasteiger partial charge in [0.25, 0.3) is 0 Å². The monoisotopic (exact) mass is 391 g/mol. The molecule has 0 bridgehead atoms. The van der Waals surface area contributed by atoms with Gasteiger partial charge in [0.05, 0.1) is 7.11 Å². The molecule has 3 aliphatic carbocycles. The standard InChI is InChI=1S/C24H25NO4/c1-28-21(26)24(15-23(24)12-6-7-13-23)25-22(27)29-14-20-18-10-4-2-8-16(18)17-9-3-5-11-19(17)20/h2-5,8-11,20H,6-7,12-15H2,1H3,(H,25,27)/t24-/m1/s1. The molecule has 5 rings (SSSR count). The molecule has 0 radical (unpaired) electrons. The number of rotatable bonds is 4. The van der Waals surface area contributed by atoms with Gasteiger partial charge in [-0.15, -0.1) is 0 Å². The van der Waals surface area contributed by atoms with Gasteiger partial charge in [0, 0.05) is 11.3 Å². The third-order valence-corrected chi connectivity index (χ3v) is 7.14. The first-order chi connectivity index (χ1) is 14.1. The Morgan fingerprint density at radius 3 is 2.17 bits per heavy atom. The Morgan fingerprint density at radius 1 is 1.00 bits per heavy atom. The molecule has 29 heavy (non-hydrogen) atoms. The van der Waals surface area contributed by atoms with E-state index in [0.717, 1.165) is 25.7 Å². The first-order valence-corrected chi connectivity index (χ1v) is 10.3. The van der Waals surface area contributed by atoms with Crippen molar-refractivity contribution in [3.8, 4) is 11.1 Å². The summed E-state index contributed by atoms with van der Waals surface area (Å²) < 4.78 is 10.7. The zero-order valence-corrected chi connectivity index (χ0v) is 16.6. The first kappa shape index (κ1) is 18.2. The van der Waals surface area contributed by atoms with Crippen molar-refractivity contribution in [2.24, 2.45) is 5.41 Å². The summed E-state index contributed by atoms with van der Waals surface area (Å²) >= 11 is 0. The van der Waals surface area contributed by atoms with Crippen molar-refractivity contribution in [1.82, 2.24) is 5.32 Å². The average Bonchev–Trinajstić information content (AvgIpc) is 3.05. The van der Waals surface area contributed by atoms with Crippen LogP contribution >= 0.6 is 0 Å². The lowest BCUT2D eigenvalue weighted by Crippen LogP contribution is -2.48. The maximum atomic E-state index is 12.7. The van der Waals surface area contributed by atoms with Crippen molar-refractivity contribution in [2.45, 2.75) is 43.6 Å². The second-order valence-electron chi connectivity index (χ2n) is 8.51. The van der Waals surface area contributed by atoms with Gasteiger partial charge in [-0.3, -0.25) is 0 Å². The van der Waals surface area contributed by atoms with Gasteiger partial charge in [-0.1, -0.05) is 61.4 Å². The highest BCUT2D eigenvalue weighted by atomic mass is 16.6. The molecule has 2 aromatic rings. The zero-order chi connectivity index (χ0) is 20.1. The zero-order valence-electron chi connectivity index (χ0n) is 16.6. The molecule has 2 aromatic carbocycles. The minimum atomic E-state index is -0.916. The summed E-state index contributed by atoms with van der Waals surface area (Å²) in [5, 5.41) is 2.89. The highest BCUT2D eigenvalue weighted by Gasteiger charge is 2.74. The van der Waals surface area contributed by atoms with Crippen LogP contribution in [0.25, 0.3) is 11.1 Å². The van der Waals surface area contributed by atoms with Gasteiger partial charge in [-0.25, -0.2) is 9.59 Å². The Hall–Kier alpha value is -2.82. The number of amides is 1. The van der Waals surface area contributed by atoms with Gasteiger partial charge < -0.3 is 14.8 Å². The van der Waals surface area contributed by atoms with Crippen molar-refractivity contribution in [3.05, 3.63) is 59.7 Å². The lowest BCUT2D eigenvalue weighted by atomic mass is 9.97. The number of carbonyl (C=O) groups is 2. The highest BCUT2D eigenvalue weighted by molar-refractivity contribution is 5.91. The smallest absolute Gasteiger partial charge is 0.408 e. The molecule has 1 atom stereocenters. The van der Waals surface area contributed by atoms with Crippen LogP contribution in [-0.4, -0.2) is 31.3 Å². The number of benzene rings is 2. The fourth-order valence-electron chi connectivity index (χ4n) is 5.62. The van der Waals surface area contributed by atoms with Crippen molar-refractivity contribution in [2.75, 3.05) is 13.7 Å². The molecule has 5 heteroatoms. The van der Waals surface area contributed by atoms with Crippen molar-refractivity contribution in [1.29, 1.82) is 0 Å². The third-order valence-electron chi connectivity index (χ3n) is 7.14. The molecular weight excluding hydrogens is 366 g/mol. The average molecular weight is 391 g/mol. The number of carbonyl (C=O) groups excluding carboxylic acids is 2. The summed E-state index contributed by atoms with van der Waals surface area (Å²) in [6.07, 6.45) is 4.19. The normalized spacial score (nSPS) is 23.3. The summed E-state index contributed by atoms with van der Waals surface area (Å²) in [7, 11) is 1.38. The lowest BCUT2D eigenvalue weighted by Gasteiger charge is -2.22. The molecule has 0 saturated heterocycles. The molecular formula is C24H25NO4. The minimum absolute atomic E-state index is 0.00173. The van der Waals surface area contributed by atoms with Crippen LogP contribution < -0.4 is 5.32 Å². The summed E-state index contributed by atoms with van der Waals surface area (Å²) in [4.78, 5) is 25.2. The summed E-state index contributed by atoms with van der Waals surface area (Å²) in [6, 6.07) is 16.5. The van der Waals surface area contributed by atoms with Crippen LogP contribution in [0.5, 0.6) is 0 Å². The summed E-state index contributed by atoms with van der Waals surface area (Å²) in [5.41, 5.74) is 3.66. The van der Waals surface area contributed by atoms with Crippen LogP contribution in [0, 0.1) is 5.41 Å². The van der Waals surface area contributed by atoms with Gasteiger partial charge in [-0.05, 0) is 41.5 Å². The fourth-order valence-corrected chi connectivity index (χ4v) is 5.62. The molecule has 1 spiro atoms. The predicted octanol–water partition coefficient (Wildman–Crippen LogP) is 4.40. The molecule has 1 amide bonds. The molecule has 5 nitrogen and oxygen atoms in total. The van der Waals surface area contributed by atoms with E-state index in [9.17, 15) is 9.59 Å². The number of nitrogens with one attached hydrogen (secondary N) is 1. The Balaban J connectivity index is 1.32.